The minimum absolute atomic E-state index is 0.443. The first-order chi connectivity index (χ1) is 23.8. The zero-order valence-corrected chi connectivity index (χ0v) is 29.8. The first-order valence-electron chi connectivity index (χ1n) is 15.2. The number of methoxy groups -OCH3 is 4. The molecule has 0 aliphatic heterocycles. The Kier molecular flexibility index (Phi) is 12.3. The third-order valence-electron chi connectivity index (χ3n) is 6.98. The summed E-state index contributed by atoms with van der Waals surface area (Å²) in [7, 11) is 2.07. The molecule has 0 fully saturated rings. The van der Waals surface area contributed by atoms with Crippen LogP contribution in [-0.4, -0.2) is 28.4 Å². The van der Waals surface area contributed by atoms with Crippen molar-refractivity contribution in [2.75, 3.05) is 28.4 Å². The molecule has 0 bridgehead atoms. The van der Waals surface area contributed by atoms with Crippen molar-refractivity contribution >= 4 is 17.2 Å². The Morgan fingerprint density at radius 1 is 0.347 bits per heavy atom. The molecule has 0 N–H and O–H groups in total. The average molecular weight is 705 g/mol. The molecule has 0 heterocycles. The molecule has 5 aromatic rings. The third kappa shape index (κ3) is 9.18. The van der Waals surface area contributed by atoms with Crippen LogP contribution in [-0.2, 0) is 10.1 Å². The van der Waals surface area contributed by atoms with Crippen molar-refractivity contribution < 1.29 is 46.1 Å². The van der Waals surface area contributed by atoms with Crippen LogP contribution in [0, 0.1) is 0 Å². The molecule has 12 heteroatoms. The second-order valence-corrected chi connectivity index (χ2v) is 12.6. The summed E-state index contributed by atoms with van der Waals surface area (Å²) in [5, 5.41) is 0. The Bertz CT molecular complexity index is 1700. The quantitative estimate of drug-likeness (QED) is 0.0871. The Balaban J connectivity index is 1.48. The molecule has 0 saturated carbocycles. The van der Waals surface area contributed by atoms with Crippen LogP contribution in [0.3, 0.4) is 0 Å². The van der Waals surface area contributed by atoms with Crippen LogP contribution < -0.4 is 41.6 Å². The van der Waals surface area contributed by atoms with Crippen LogP contribution in [0.4, 0.5) is 0 Å². The second kappa shape index (κ2) is 17.0. The van der Waals surface area contributed by atoms with Gasteiger partial charge in [0.2, 0.25) is 0 Å². The van der Waals surface area contributed by atoms with Crippen LogP contribution in [0.15, 0.2) is 121 Å². The average Bonchev–Trinajstić information content (AvgIpc) is 3.12. The van der Waals surface area contributed by atoms with Gasteiger partial charge in [0.25, 0.3) is 0 Å². The summed E-state index contributed by atoms with van der Waals surface area (Å²) in [6.45, 7) is 3.79. The fourth-order valence-corrected chi connectivity index (χ4v) is 6.83. The molecule has 49 heavy (non-hydrogen) atoms. The molecular weight excluding hydrogens is 666 g/mol. The molecule has 0 aliphatic carbocycles. The molecule has 5 rings (SSSR count). The summed E-state index contributed by atoms with van der Waals surface area (Å²) in [6.07, 6.45) is 0. The molecule has 0 aromatic heterocycles. The Labute approximate surface area is 289 Å². The van der Waals surface area contributed by atoms with Crippen molar-refractivity contribution in [1.82, 2.24) is 0 Å². The van der Waals surface area contributed by atoms with Gasteiger partial charge in [0.1, 0.15) is 11.4 Å². The Hall–Kier alpha value is -4.88. The summed E-state index contributed by atoms with van der Waals surface area (Å²) in [5.41, 5.74) is -0.364. The van der Waals surface area contributed by atoms with E-state index in [0.29, 0.717) is 57.3 Å². The number of ether oxygens (including phenoxy) is 4. The number of para-hydroxylation sites is 9. The van der Waals surface area contributed by atoms with E-state index in [2.05, 4.69) is 0 Å². The number of hydrogen-bond donors (Lipinski definition) is 0. The highest BCUT2D eigenvalue weighted by atomic mass is 31.2. The van der Waals surface area contributed by atoms with E-state index in [1.54, 1.807) is 77.0 Å². The smallest absolute Gasteiger partial charge is 0.493 e. The van der Waals surface area contributed by atoms with Crippen molar-refractivity contribution in [2.24, 2.45) is 0 Å². The lowest BCUT2D eigenvalue weighted by molar-refractivity contribution is 0.0917. The Morgan fingerprint density at radius 3 is 0.959 bits per heavy atom. The fourth-order valence-electron chi connectivity index (χ4n) is 4.57. The van der Waals surface area contributed by atoms with E-state index >= 15 is 0 Å². The summed E-state index contributed by atoms with van der Waals surface area (Å²) in [5.74, 6) is 4.32. The molecule has 0 aliphatic rings. The molecule has 0 unspecified atom stereocenters. The van der Waals surface area contributed by atoms with Gasteiger partial charge in [-0.2, -0.15) is 0 Å². The highest BCUT2D eigenvalue weighted by molar-refractivity contribution is 7.43. The Morgan fingerprint density at radius 2 is 0.612 bits per heavy atom. The van der Waals surface area contributed by atoms with Gasteiger partial charge < -0.3 is 41.6 Å². The SMILES string of the molecule is COc1ccccc1OP(Oc1ccccc1OC)Oc1ccccc1C(C)(C)OP(Oc1ccccc1OC)Oc1ccccc1OC. The van der Waals surface area contributed by atoms with E-state index < -0.39 is 22.8 Å². The maximum Gasteiger partial charge on any atom is 0.530 e. The van der Waals surface area contributed by atoms with Crippen LogP contribution in [0.5, 0.6) is 51.7 Å². The summed E-state index contributed by atoms with van der Waals surface area (Å²) in [4.78, 5) is 0. The topological polar surface area (TPSA) is 92.3 Å². The highest BCUT2D eigenvalue weighted by Crippen LogP contribution is 2.53. The van der Waals surface area contributed by atoms with Gasteiger partial charge >= 0.3 is 17.2 Å². The lowest BCUT2D eigenvalue weighted by Crippen LogP contribution is -2.22. The minimum atomic E-state index is -2.12. The first-order valence-corrected chi connectivity index (χ1v) is 17.3. The minimum Gasteiger partial charge on any atom is -0.493 e. The van der Waals surface area contributed by atoms with Crippen molar-refractivity contribution in [3.8, 4) is 51.7 Å². The standard InChI is InChI=1S/C37H38O10P2/c1-37(2,47-49(45-35-25-15-11-21-31(35)40-5)46-36-26-16-12-22-32(36)41-6)27-17-7-8-18-28(27)42-48(43-33-23-13-9-19-29(33)38-3)44-34-24-14-10-20-30(34)39-4/h7-26H,1-6H3. The summed E-state index contributed by atoms with van der Waals surface area (Å²) < 4.78 is 60.7. The monoisotopic (exact) mass is 704 g/mol. The van der Waals surface area contributed by atoms with Crippen molar-refractivity contribution in [2.45, 2.75) is 19.4 Å². The summed E-state index contributed by atoms with van der Waals surface area (Å²) >= 11 is 0. The van der Waals surface area contributed by atoms with Gasteiger partial charge in [-0.15, -0.1) is 0 Å². The summed E-state index contributed by atoms with van der Waals surface area (Å²) in [6, 6.07) is 36.5. The normalized spacial score (nSPS) is 11.1. The van der Waals surface area contributed by atoms with Gasteiger partial charge in [-0.1, -0.05) is 66.7 Å². The van der Waals surface area contributed by atoms with E-state index in [1.165, 1.54) is 0 Å². The van der Waals surface area contributed by atoms with E-state index in [0.717, 1.165) is 0 Å². The van der Waals surface area contributed by atoms with E-state index in [-0.39, 0.29) is 0 Å². The van der Waals surface area contributed by atoms with Crippen LogP contribution in [0.1, 0.15) is 19.4 Å². The highest BCUT2D eigenvalue weighted by Gasteiger charge is 2.36. The van der Waals surface area contributed by atoms with E-state index in [1.807, 2.05) is 86.6 Å². The van der Waals surface area contributed by atoms with Gasteiger partial charge in [-0.25, -0.2) is 0 Å². The third-order valence-corrected chi connectivity index (χ3v) is 9.31. The van der Waals surface area contributed by atoms with Crippen molar-refractivity contribution in [3.05, 3.63) is 127 Å². The van der Waals surface area contributed by atoms with Crippen LogP contribution in [0.25, 0.3) is 0 Å². The lowest BCUT2D eigenvalue weighted by Gasteiger charge is -2.31. The maximum atomic E-state index is 6.68. The number of benzene rings is 5. The lowest BCUT2D eigenvalue weighted by atomic mass is 9.98. The molecule has 0 spiro atoms. The van der Waals surface area contributed by atoms with Gasteiger partial charge in [0.15, 0.2) is 46.0 Å². The zero-order chi connectivity index (χ0) is 34.6. The zero-order valence-electron chi connectivity index (χ0n) is 28.0. The van der Waals surface area contributed by atoms with Gasteiger partial charge in [-0.3, -0.25) is 4.52 Å². The molecule has 0 saturated heterocycles. The van der Waals surface area contributed by atoms with Crippen LogP contribution >= 0.6 is 17.2 Å². The fraction of sp³-hybridized carbons (Fsp3) is 0.189. The first kappa shape index (κ1) is 35.4. The van der Waals surface area contributed by atoms with Crippen molar-refractivity contribution in [3.63, 3.8) is 0 Å². The number of rotatable bonds is 17. The largest absolute Gasteiger partial charge is 0.530 e. The van der Waals surface area contributed by atoms with E-state index in [4.69, 9.17) is 46.1 Å². The van der Waals surface area contributed by atoms with E-state index in [9.17, 15) is 0 Å². The molecule has 256 valence electrons. The molecule has 0 atom stereocenters. The molecule has 10 nitrogen and oxygen atoms in total. The predicted molar refractivity (Wildman–Crippen MR) is 190 cm³/mol. The van der Waals surface area contributed by atoms with Gasteiger partial charge in [-0.05, 0) is 68.4 Å². The molecule has 0 radical (unpaired) electrons. The van der Waals surface area contributed by atoms with Crippen LogP contribution in [0.2, 0.25) is 0 Å². The predicted octanol–water partition coefficient (Wildman–Crippen LogP) is 10.1. The van der Waals surface area contributed by atoms with Gasteiger partial charge in [0, 0.05) is 5.56 Å². The molecule has 0 amide bonds. The van der Waals surface area contributed by atoms with Crippen molar-refractivity contribution in [1.29, 1.82) is 0 Å². The molecule has 5 aromatic carbocycles. The molecular formula is C37H38O10P2. The maximum absolute atomic E-state index is 6.68. The van der Waals surface area contributed by atoms with Gasteiger partial charge in [0.05, 0.1) is 28.4 Å². The number of hydrogen-bond acceptors (Lipinski definition) is 10. The second-order valence-electron chi connectivity index (χ2n) is 10.6.